The molecule has 2 heteroatoms. The number of hydrogen-bond donors (Lipinski definition) is 2. The summed E-state index contributed by atoms with van der Waals surface area (Å²) in [5.74, 6) is 0.924. The van der Waals surface area contributed by atoms with Gasteiger partial charge in [0.15, 0.2) is 0 Å². The highest BCUT2D eigenvalue weighted by molar-refractivity contribution is 5.44. The van der Waals surface area contributed by atoms with Crippen LogP contribution in [0.3, 0.4) is 0 Å². The molecule has 0 unspecified atom stereocenters. The molecule has 2 N–H and O–H groups in total. The first-order valence-electron chi connectivity index (χ1n) is 6.36. The van der Waals surface area contributed by atoms with Crippen molar-refractivity contribution in [2.75, 3.05) is 18.9 Å². The van der Waals surface area contributed by atoms with Gasteiger partial charge in [-0.3, -0.25) is 0 Å². The minimum absolute atomic E-state index is 0.924. The molecule has 0 aliphatic heterocycles. The fourth-order valence-corrected chi connectivity index (χ4v) is 2.47. The molecule has 0 bridgehead atoms. The molecule has 1 aliphatic carbocycles. The SMILES string of the molecule is CNc1cccc(CNCC2CCCC2)c1. The largest absolute Gasteiger partial charge is 0.388 e. The molecule has 0 amide bonds. The standard InChI is InChI=1S/C14H22N2/c1-15-14-8-4-7-13(9-14)11-16-10-12-5-2-3-6-12/h4,7-9,12,15-16H,2-3,5-6,10-11H2,1H3. The van der Waals surface area contributed by atoms with Crippen LogP contribution >= 0.6 is 0 Å². The molecule has 16 heavy (non-hydrogen) atoms. The molecule has 1 aromatic carbocycles. The van der Waals surface area contributed by atoms with Crippen molar-refractivity contribution >= 4 is 5.69 Å². The van der Waals surface area contributed by atoms with Crippen LogP contribution in [0.1, 0.15) is 31.2 Å². The summed E-state index contributed by atoms with van der Waals surface area (Å²) in [7, 11) is 1.96. The zero-order chi connectivity index (χ0) is 11.2. The first-order chi connectivity index (χ1) is 7.88. The van der Waals surface area contributed by atoms with Gasteiger partial charge in [0, 0.05) is 19.3 Å². The van der Waals surface area contributed by atoms with Gasteiger partial charge < -0.3 is 10.6 Å². The Labute approximate surface area is 98.4 Å². The van der Waals surface area contributed by atoms with E-state index in [1.54, 1.807) is 0 Å². The lowest BCUT2D eigenvalue weighted by Crippen LogP contribution is -2.20. The van der Waals surface area contributed by atoms with Crippen LogP contribution in [0.5, 0.6) is 0 Å². The van der Waals surface area contributed by atoms with E-state index in [9.17, 15) is 0 Å². The number of rotatable bonds is 5. The zero-order valence-corrected chi connectivity index (χ0v) is 10.1. The van der Waals surface area contributed by atoms with Gasteiger partial charge >= 0.3 is 0 Å². The van der Waals surface area contributed by atoms with Gasteiger partial charge in [0.05, 0.1) is 0 Å². The molecule has 0 spiro atoms. The summed E-state index contributed by atoms with van der Waals surface area (Å²) in [6.45, 7) is 2.18. The van der Waals surface area contributed by atoms with Crippen molar-refractivity contribution in [3.8, 4) is 0 Å². The molecule has 1 aromatic rings. The van der Waals surface area contributed by atoms with E-state index in [4.69, 9.17) is 0 Å². The van der Waals surface area contributed by atoms with Crippen LogP contribution in [0.2, 0.25) is 0 Å². The monoisotopic (exact) mass is 218 g/mol. The van der Waals surface area contributed by atoms with Gasteiger partial charge in [-0.2, -0.15) is 0 Å². The smallest absolute Gasteiger partial charge is 0.0340 e. The van der Waals surface area contributed by atoms with E-state index >= 15 is 0 Å². The second-order valence-electron chi connectivity index (χ2n) is 4.73. The van der Waals surface area contributed by atoms with Crippen molar-refractivity contribution in [2.24, 2.45) is 5.92 Å². The lowest BCUT2D eigenvalue weighted by Gasteiger charge is -2.11. The van der Waals surface area contributed by atoms with Crippen molar-refractivity contribution in [3.05, 3.63) is 29.8 Å². The second-order valence-corrected chi connectivity index (χ2v) is 4.73. The Morgan fingerprint density at radius 1 is 1.25 bits per heavy atom. The highest BCUT2D eigenvalue weighted by Crippen LogP contribution is 2.23. The Hall–Kier alpha value is -1.02. The van der Waals surface area contributed by atoms with Gasteiger partial charge in [-0.15, -0.1) is 0 Å². The summed E-state index contributed by atoms with van der Waals surface area (Å²) in [6, 6.07) is 8.60. The summed E-state index contributed by atoms with van der Waals surface area (Å²) in [5, 5.41) is 6.74. The molecule has 0 aromatic heterocycles. The van der Waals surface area contributed by atoms with Crippen LogP contribution in [0.25, 0.3) is 0 Å². The van der Waals surface area contributed by atoms with Crippen LogP contribution in [-0.4, -0.2) is 13.6 Å². The molecule has 88 valence electrons. The molecule has 0 radical (unpaired) electrons. The maximum absolute atomic E-state index is 3.57. The van der Waals surface area contributed by atoms with Crippen molar-refractivity contribution in [3.63, 3.8) is 0 Å². The average molecular weight is 218 g/mol. The Bertz CT molecular complexity index is 316. The van der Waals surface area contributed by atoms with Crippen LogP contribution < -0.4 is 10.6 Å². The normalized spacial score (nSPS) is 16.6. The maximum atomic E-state index is 3.57. The van der Waals surface area contributed by atoms with Crippen molar-refractivity contribution in [2.45, 2.75) is 32.2 Å². The van der Waals surface area contributed by atoms with Gasteiger partial charge in [0.2, 0.25) is 0 Å². The van der Waals surface area contributed by atoms with E-state index in [1.165, 1.54) is 43.5 Å². The zero-order valence-electron chi connectivity index (χ0n) is 10.1. The Morgan fingerprint density at radius 2 is 2.06 bits per heavy atom. The van der Waals surface area contributed by atoms with E-state index in [0.29, 0.717) is 0 Å². The number of anilines is 1. The van der Waals surface area contributed by atoms with E-state index in [1.807, 2.05) is 7.05 Å². The summed E-state index contributed by atoms with van der Waals surface area (Å²) < 4.78 is 0. The molecule has 2 nitrogen and oxygen atoms in total. The van der Waals surface area contributed by atoms with Gasteiger partial charge in [-0.25, -0.2) is 0 Å². The molecule has 0 atom stereocenters. The van der Waals surface area contributed by atoms with E-state index < -0.39 is 0 Å². The maximum Gasteiger partial charge on any atom is 0.0340 e. The third-order valence-corrected chi connectivity index (χ3v) is 3.45. The number of nitrogens with one attached hydrogen (secondary N) is 2. The van der Waals surface area contributed by atoms with Crippen LogP contribution in [0.15, 0.2) is 24.3 Å². The molecule has 1 fully saturated rings. The fraction of sp³-hybridized carbons (Fsp3) is 0.571. The van der Waals surface area contributed by atoms with E-state index in [0.717, 1.165) is 12.5 Å². The first kappa shape index (κ1) is 11.5. The number of hydrogen-bond acceptors (Lipinski definition) is 2. The molecule has 1 saturated carbocycles. The Balaban J connectivity index is 1.75. The molecular weight excluding hydrogens is 196 g/mol. The third kappa shape index (κ3) is 3.24. The van der Waals surface area contributed by atoms with Crippen LogP contribution in [-0.2, 0) is 6.54 Å². The topological polar surface area (TPSA) is 24.1 Å². The summed E-state index contributed by atoms with van der Waals surface area (Å²) in [6.07, 6.45) is 5.70. The van der Waals surface area contributed by atoms with Crippen molar-refractivity contribution in [1.82, 2.24) is 5.32 Å². The lowest BCUT2D eigenvalue weighted by molar-refractivity contribution is 0.489. The first-order valence-corrected chi connectivity index (χ1v) is 6.36. The van der Waals surface area contributed by atoms with Crippen molar-refractivity contribution < 1.29 is 0 Å². The quantitative estimate of drug-likeness (QED) is 0.794. The van der Waals surface area contributed by atoms with Crippen LogP contribution in [0, 0.1) is 5.92 Å². The van der Waals surface area contributed by atoms with E-state index in [-0.39, 0.29) is 0 Å². The molecule has 2 rings (SSSR count). The van der Waals surface area contributed by atoms with Crippen LogP contribution in [0.4, 0.5) is 5.69 Å². The predicted octanol–water partition coefficient (Wildman–Crippen LogP) is 3.01. The molecule has 1 aliphatic rings. The molecule has 0 saturated heterocycles. The van der Waals surface area contributed by atoms with Gasteiger partial charge in [-0.05, 0) is 43.0 Å². The Morgan fingerprint density at radius 3 is 2.81 bits per heavy atom. The third-order valence-electron chi connectivity index (χ3n) is 3.45. The summed E-state index contributed by atoms with van der Waals surface area (Å²) in [4.78, 5) is 0. The molecular formula is C14H22N2. The Kier molecular flexibility index (Phi) is 4.23. The second kappa shape index (κ2) is 5.90. The van der Waals surface area contributed by atoms with Crippen molar-refractivity contribution in [1.29, 1.82) is 0 Å². The summed E-state index contributed by atoms with van der Waals surface area (Å²) in [5.41, 5.74) is 2.56. The minimum atomic E-state index is 0.924. The average Bonchev–Trinajstić information content (AvgIpc) is 2.82. The van der Waals surface area contributed by atoms with E-state index in [2.05, 4.69) is 34.9 Å². The molecule has 0 heterocycles. The predicted molar refractivity (Wildman–Crippen MR) is 69.7 cm³/mol. The minimum Gasteiger partial charge on any atom is -0.388 e. The lowest BCUT2D eigenvalue weighted by atomic mass is 10.1. The number of benzene rings is 1. The highest BCUT2D eigenvalue weighted by atomic mass is 14.9. The fourth-order valence-electron chi connectivity index (χ4n) is 2.47. The van der Waals surface area contributed by atoms with Gasteiger partial charge in [0.25, 0.3) is 0 Å². The highest BCUT2D eigenvalue weighted by Gasteiger charge is 2.13. The van der Waals surface area contributed by atoms with Gasteiger partial charge in [0.1, 0.15) is 0 Å². The summed E-state index contributed by atoms with van der Waals surface area (Å²) >= 11 is 0. The van der Waals surface area contributed by atoms with Gasteiger partial charge in [-0.1, -0.05) is 25.0 Å².